The molecule has 2 aliphatic carbocycles. The van der Waals surface area contributed by atoms with Crippen molar-refractivity contribution in [3.63, 3.8) is 0 Å². The van der Waals surface area contributed by atoms with Crippen LogP contribution in [0, 0.1) is 17.8 Å². The molecule has 0 spiro atoms. The van der Waals surface area contributed by atoms with Crippen LogP contribution in [0.3, 0.4) is 0 Å². The summed E-state index contributed by atoms with van der Waals surface area (Å²) in [6.07, 6.45) is 6.45. The van der Waals surface area contributed by atoms with E-state index in [-0.39, 0.29) is 11.7 Å². The predicted molar refractivity (Wildman–Crippen MR) is 67.0 cm³/mol. The monoisotopic (exact) mass is 216 g/mol. The number of hydrogen-bond acceptors (Lipinski definition) is 1. The molecule has 0 saturated heterocycles. The third-order valence-electron chi connectivity index (χ3n) is 4.04. The summed E-state index contributed by atoms with van der Waals surface area (Å²) < 4.78 is 0. The molecule has 2 aliphatic rings. The Morgan fingerprint density at radius 1 is 1.50 bits per heavy atom. The van der Waals surface area contributed by atoms with Gasteiger partial charge in [-0.1, -0.05) is 30.7 Å². The Morgan fingerprint density at radius 2 is 2.19 bits per heavy atom. The third kappa shape index (κ3) is 1.79. The van der Waals surface area contributed by atoms with Crippen LogP contribution in [0.25, 0.3) is 0 Å². The van der Waals surface area contributed by atoms with Crippen molar-refractivity contribution in [2.45, 2.75) is 33.6 Å². The first-order valence-corrected chi connectivity index (χ1v) is 6.09. The maximum atomic E-state index is 11.9. The molecule has 0 fully saturated rings. The Labute approximate surface area is 97.9 Å². The van der Waals surface area contributed by atoms with Crippen molar-refractivity contribution in [2.24, 2.45) is 17.8 Å². The molecular formula is C15H20O. The van der Waals surface area contributed by atoms with Gasteiger partial charge < -0.3 is 0 Å². The van der Waals surface area contributed by atoms with Crippen molar-refractivity contribution < 1.29 is 4.79 Å². The smallest absolute Gasteiger partial charge is 0.159 e. The highest BCUT2D eigenvalue weighted by Gasteiger charge is 2.37. The lowest BCUT2D eigenvalue weighted by molar-refractivity contribution is -0.120. The maximum absolute atomic E-state index is 11.9. The Morgan fingerprint density at radius 3 is 2.81 bits per heavy atom. The van der Waals surface area contributed by atoms with E-state index in [0.29, 0.717) is 11.8 Å². The van der Waals surface area contributed by atoms with Gasteiger partial charge in [0.05, 0.1) is 0 Å². The van der Waals surface area contributed by atoms with E-state index in [9.17, 15) is 4.79 Å². The number of rotatable bonds is 1. The molecule has 16 heavy (non-hydrogen) atoms. The zero-order chi connectivity index (χ0) is 11.9. The minimum Gasteiger partial charge on any atom is -0.295 e. The van der Waals surface area contributed by atoms with Crippen molar-refractivity contribution in [1.82, 2.24) is 0 Å². The van der Waals surface area contributed by atoms with E-state index < -0.39 is 0 Å². The van der Waals surface area contributed by atoms with Crippen LogP contribution < -0.4 is 0 Å². The van der Waals surface area contributed by atoms with Crippen molar-refractivity contribution in [1.29, 1.82) is 0 Å². The van der Waals surface area contributed by atoms with E-state index in [4.69, 9.17) is 0 Å². The van der Waals surface area contributed by atoms with E-state index >= 15 is 0 Å². The maximum Gasteiger partial charge on any atom is 0.159 e. The predicted octanol–water partition coefficient (Wildman–Crippen LogP) is 3.68. The number of ketones is 1. The lowest BCUT2D eigenvalue weighted by atomic mass is 9.65. The van der Waals surface area contributed by atoms with E-state index in [1.165, 1.54) is 5.57 Å². The van der Waals surface area contributed by atoms with E-state index in [2.05, 4.69) is 26.5 Å². The fraction of sp³-hybridized carbons (Fsp3) is 0.533. The number of carbonyl (C=O) groups is 1. The average molecular weight is 216 g/mol. The van der Waals surface area contributed by atoms with Crippen molar-refractivity contribution in [3.8, 4) is 0 Å². The first-order chi connectivity index (χ1) is 7.50. The van der Waals surface area contributed by atoms with Gasteiger partial charge in [0, 0.05) is 11.8 Å². The molecular weight excluding hydrogens is 196 g/mol. The van der Waals surface area contributed by atoms with Gasteiger partial charge in [0.2, 0.25) is 0 Å². The number of carbonyl (C=O) groups excluding carboxylic acids is 1. The molecule has 0 aromatic rings. The van der Waals surface area contributed by atoms with Gasteiger partial charge >= 0.3 is 0 Å². The van der Waals surface area contributed by atoms with Crippen LogP contribution in [-0.4, -0.2) is 5.78 Å². The molecule has 86 valence electrons. The normalized spacial score (nSPS) is 33.9. The standard InChI is InChI=1S/C15H20O/c1-9(2)13-8-15(16)11(4)12-6-5-10(3)7-14(12)13/h7-8,11-12,14H,1,5-6H2,2-4H3/t11-,12-,14-/m0/s1. The first kappa shape index (κ1) is 11.4. The van der Waals surface area contributed by atoms with Gasteiger partial charge in [0.25, 0.3) is 0 Å². The molecule has 0 aromatic carbocycles. The fourth-order valence-corrected chi connectivity index (χ4v) is 2.97. The van der Waals surface area contributed by atoms with E-state index in [1.807, 2.05) is 13.0 Å². The number of fused-ring (bicyclic) bond motifs is 1. The average Bonchev–Trinajstić information content (AvgIpc) is 2.22. The van der Waals surface area contributed by atoms with Crippen molar-refractivity contribution in [3.05, 3.63) is 35.5 Å². The van der Waals surface area contributed by atoms with Crippen molar-refractivity contribution in [2.75, 3.05) is 0 Å². The van der Waals surface area contributed by atoms with E-state index in [0.717, 1.165) is 24.0 Å². The summed E-state index contributed by atoms with van der Waals surface area (Å²) in [6.45, 7) is 10.3. The second-order valence-corrected chi connectivity index (χ2v) is 5.31. The Kier molecular flexibility index (Phi) is 2.88. The molecule has 1 heteroatoms. The summed E-state index contributed by atoms with van der Waals surface area (Å²) in [5, 5.41) is 0. The SMILES string of the molecule is C=C(C)C1=CC(=O)[C@@H](C)[C@@H]2CCC(C)=C[C@H]12. The highest BCUT2D eigenvalue weighted by molar-refractivity contribution is 5.94. The topological polar surface area (TPSA) is 17.1 Å². The van der Waals surface area contributed by atoms with Crippen LogP contribution in [0.5, 0.6) is 0 Å². The van der Waals surface area contributed by atoms with Crippen LogP contribution in [0.1, 0.15) is 33.6 Å². The summed E-state index contributed by atoms with van der Waals surface area (Å²) in [5.41, 5.74) is 3.66. The van der Waals surface area contributed by atoms with Gasteiger partial charge in [-0.3, -0.25) is 4.79 Å². The Hall–Kier alpha value is -1.11. The van der Waals surface area contributed by atoms with Gasteiger partial charge in [-0.2, -0.15) is 0 Å². The summed E-state index contributed by atoms with van der Waals surface area (Å²) >= 11 is 0. The Bertz CT molecular complexity index is 398. The Balaban J connectivity index is 2.45. The molecule has 0 N–H and O–H groups in total. The highest BCUT2D eigenvalue weighted by Crippen LogP contribution is 2.43. The van der Waals surface area contributed by atoms with Crippen LogP contribution in [0.4, 0.5) is 0 Å². The second kappa shape index (κ2) is 4.04. The van der Waals surface area contributed by atoms with Gasteiger partial charge in [-0.15, -0.1) is 0 Å². The van der Waals surface area contributed by atoms with E-state index in [1.54, 1.807) is 0 Å². The number of hydrogen-bond donors (Lipinski definition) is 0. The van der Waals surface area contributed by atoms with Crippen molar-refractivity contribution >= 4 is 5.78 Å². The molecule has 0 radical (unpaired) electrons. The molecule has 0 amide bonds. The minimum atomic E-state index is 0.178. The summed E-state index contributed by atoms with van der Waals surface area (Å²) in [5.74, 6) is 1.39. The fourth-order valence-electron chi connectivity index (χ4n) is 2.97. The minimum absolute atomic E-state index is 0.178. The highest BCUT2D eigenvalue weighted by atomic mass is 16.1. The van der Waals surface area contributed by atoms with Crippen LogP contribution in [0.2, 0.25) is 0 Å². The lowest BCUT2D eigenvalue weighted by Gasteiger charge is -2.38. The molecule has 0 bridgehead atoms. The van der Waals surface area contributed by atoms with Crippen LogP contribution in [0.15, 0.2) is 35.5 Å². The zero-order valence-electron chi connectivity index (χ0n) is 10.4. The van der Waals surface area contributed by atoms with Gasteiger partial charge in [0.15, 0.2) is 5.78 Å². The largest absolute Gasteiger partial charge is 0.295 e. The number of allylic oxidation sites excluding steroid dienone is 5. The molecule has 1 nitrogen and oxygen atoms in total. The quantitative estimate of drug-likeness (QED) is 0.611. The summed E-state index contributed by atoms with van der Waals surface area (Å²) in [4.78, 5) is 11.9. The molecule has 2 rings (SSSR count). The molecule has 0 saturated carbocycles. The molecule has 0 aliphatic heterocycles. The zero-order valence-corrected chi connectivity index (χ0v) is 10.4. The molecule has 3 atom stereocenters. The lowest BCUT2D eigenvalue weighted by Crippen LogP contribution is -2.34. The summed E-state index contributed by atoms with van der Waals surface area (Å²) in [7, 11) is 0. The van der Waals surface area contributed by atoms with Gasteiger partial charge in [-0.25, -0.2) is 0 Å². The summed E-state index contributed by atoms with van der Waals surface area (Å²) in [6, 6.07) is 0. The second-order valence-electron chi connectivity index (χ2n) is 5.31. The van der Waals surface area contributed by atoms with Crippen LogP contribution >= 0.6 is 0 Å². The molecule has 0 unspecified atom stereocenters. The first-order valence-electron chi connectivity index (χ1n) is 6.09. The third-order valence-corrected chi connectivity index (χ3v) is 4.04. The molecule has 0 aromatic heterocycles. The van der Waals surface area contributed by atoms with Gasteiger partial charge in [-0.05, 0) is 44.3 Å². The van der Waals surface area contributed by atoms with Crippen LogP contribution in [-0.2, 0) is 4.79 Å². The molecule has 0 heterocycles. The van der Waals surface area contributed by atoms with Gasteiger partial charge in [0.1, 0.15) is 0 Å².